The van der Waals surface area contributed by atoms with Gasteiger partial charge in [0.1, 0.15) is 17.3 Å². The van der Waals surface area contributed by atoms with Gasteiger partial charge in [-0.1, -0.05) is 25.7 Å². The Morgan fingerprint density at radius 1 is 1.00 bits per heavy atom. The number of rotatable bonds is 6. The number of nitrogens with zero attached hydrogens (tertiary/aromatic N) is 2. The third-order valence-corrected chi connectivity index (χ3v) is 4.76. The maximum absolute atomic E-state index is 12.5. The molecule has 0 aliphatic heterocycles. The fraction of sp³-hybridized carbons (Fsp3) is 0.450. The number of hydrogen-bond donors (Lipinski definition) is 2. The predicted octanol–water partition coefficient (Wildman–Crippen LogP) is 3.88. The van der Waals surface area contributed by atoms with Gasteiger partial charge in [0.2, 0.25) is 0 Å². The van der Waals surface area contributed by atoms with Gasteiger partial charge in [-0.05, 0) is 37.1 Å². The summed E-state index contributed by atoms with van der Waals surface area (Å²) in [5, 5.41) is 14.4. The SMILES string of the molecule is COc1ccc(NC(=O)c2ccc(NC3CCCCCC3)nn2)c(OC)c1. The fourth-order valence-corrected chi connectivity index (χ4v) is 3.25. The molecule has 27 heavy (non-hydrogen) atoms. The zero-order valence-corrected chi connectivity index (χ0v) is 15.8. The summed E-state index contributed by atoms with van der Waals surface area (Å²) in [6.07, 6.45) is 7.41. The number of nitrogens with one attached hydrogen (secondary N) is 2. The summed E-state index contributed by atoms with van der Waals surface area (Å²) in [6.45, 7) is 0. The summed E-state index contributed by atoms with van der Waals surface area (Å²) in [6, 6.07) is 9.11. The van der Waals surface area contributed by atoms with E-state index in [4.69, 9.17) is 9.47 Å². The average molecular weight is 370 g/mol. The Kier molecular flexibility index (Phi) is 6.46. The Morgan fingerprint density at radius 2 is 1.78 bits per heavy atom. The first-order chi connectivity index (χ1) is 13.2. The van der Waals surface area contributed by atoms with E-state index < -0.39 is 0 Å². The molecule has 1 aliphatic carbocycles. The smallest absolute Gasteiger partial charge is 0.276 e. The Hall–Kier alpha value is -2.83. The lowest BCUT2D eigenvalue weighted by Gasteiger charge is -2.16. The van der Waals surface area contributed by atoms with Gasteiger partial charge in [-0.25, -0.2) is 0 Å². The molecule has 0 saturated heterocycles. The van der Waals surface area contributed by atoms with Crippen LogP contribution in [0.4, 0.5) is 11.5 Å². The number of carbonyl (C=O) groups is 1. The third-order valence-electron chi connectivity index (χ3n) is 4.76. The van der Waals surface area contributed by atoms with Crippen LogP contribution in [0.5, 0.6) is 11.5 Å². The first kappa shape index (κ1) is 18.9. The number of amides is 1. The Labute approximate surface area is 159 Å². The number of aromatic nitrogens is 2. The largest absolute Gasteiger partial charge is 0.497 e. The molecule has 1 aromatic heterocycles. The summed E-state index contributed by atoms with van der Waals surface area (Å²) in [7, 11) is 3.12. The van der Waals surface area contributed by atoms with Gasteiger partial charge in [-0.15, -0.1) is 10.2 Å². The van der Waals surface area contributed by atoms with E-state index in [0.29, 0.717) is 29.0 Å². The van der Waals surface area contributed by atoms with E-state index >= 15 is 0 Å². The summed E-state index contributed by atoms with van der Waals surface area (Å²) in [5.41, 5.74) is 0.796. The van der Waals surface area contributed by atoms with Gasteiger partial charge in [-0.2, -0.15) is 0 Å². The Bertz CT molecular complexity index is 756. The van der Waals surface area contributed by atoms with Gasteiger partial charge < -0.3 is 20.1 Å². The van der Waals surface area contributed by atoms with Crippen LogP contribution in [0, 0.1) is 0 Å². The molecule has 7 heteroatoms. The zero-order chi connectivity index (χ0) is 19.1. The van der Waals surface area contributed by atoms with Crippen molar-refractivity contribution in [1.82, 2.24) is 10.2 Å². The molecule has 0 atom stereocenters. The second-order valence-electron chi connectivity index (χ2n) is 6.66. The van der Waals surface area contributed by atoms with Crippen LogP contribution in [-0.4, -0.2) is 36.4 Å². The topological polar surface area (TPSA) is 85.4 Å². The van der Waals surface area contributed by atoms with E-state index in [0.717, 1.165) is 12.8 Å². The first-order valence-corrected chi connectivity index (χ1v) is 9.33. The van der Waals surface area contributed by atoms with E-state index in [1.54, 1.807) is 37.4 Å². The van der Waals surface area contributed by atoms with Crippen molar-refractivity contribution >= 4 is 17.4 Å². The molecule has 0 spiro atoms. The summed E-state index contributed by atoms with van der Waals surface area (Å²) in [4.78, 5) is 12.5. The van der Waals surface area contributed by atoms with Crippen LogP contribution in [0.25, 0.3) is 0 Å². The molecule has 3 rings (SSSR count). The van der Waals surface area contributed by atoms with Crippen molar-refractivity contribution in [3.8, 4) is 11.5 Å². The van der Waals surface area contributed by atoms with Gasteiger partial charge in [0.25, 0.3) is 5.91 Å². The zero-order valence-electron chi connectivity index (χ0n) is 15.8. The van der Waals surface area contributed by atoms with Gasteiger partial charge in [0, 0.05) is 12.1 Å². The molecule has 2 N–H and O–H groups in total. The van der Waals surface area contributed by atoms with Crippen LogP contribution in [0.3, 0.4) is 0 Å². The van der Waals surface area contributed by atoms with Crippen molar-refractivity contribution in [2.75, 3.05) is 24.9 Å². The normalized spacial score (nSPS) is 14.9. The minimum Gasteiger partial charge on any atom is -0.497 e. The quantitative estimate of drug-likeness (QED) is 0.751. The molecule has 0 bridgehead atoms. The van der Waals surface area contributed by atoms with Crippen molar-refractivity contribution in [2.45, 2.75) is 44.6 Å². The Morgan fingerprint density at radius 3 is 2.41 bits per heavy atom. The number of carbonyl (C=O) groups excluding carboxylic acids is 1. The van der Waals surface area contributed by atoms with Crippen molar-refractivity contribution in [1.29, 1.82) is 0 Å². The molecule has 1 aromatic carbocycles. The van der Waals surface area contributed by atoms with Gasteiger partial charge >= 0.3 is 0 Å². The maximum atomic E-state index is 12.5. The van der Waals surface area contributed by atoms with Crippen molar-refractivity contribution in [2.24, 2.45) is 0 Å². The van der Waals surface area contributed by atoms with Crippen molar-refractivity contribution in [3.05, 3.63) is 36.0 Å². The second-order valence-corrected chi connectivity index (χ2v) is 6.66. The standard InChI is InChI=1S/C20H26N4O3/c1-26-15-9-10-16(18(13-15)27-2)22-20(25)17-11-12-19(24-23-17)21-14-7-5-3-4-6-8-14/h9-14H,3-8H2,1-2H3,(H,21,24)(H,22,25). The molecule has 7 nitrogen and oxygen atoms in total. The predicted molar refractivity (Wildman–Crippen MR) is 105 cm³/mol. The molecular formula is C20H26N4O3. The highest BCUT2D eigenvalue weighted by molar-refractivity contribution is 6.03. The summed E-state index contributed by atoms with van der Waals surface area (Å²) >= 11 is 0. The fourth-order valence-electron chi connectivity index (χ4n) is 3.25. The first-order valence-electron chi connectivity index (χ1n) is 9.33. The summed E-state index contributed by atoms with van der Waals surface area (Å²) < 4.78 is 10.5. The monoisotopic (exact) mass is 370 g/mol. The third kappa shape index (κ3) is 5.09. The highest BCUT2D eigenvalue weighted by atomic mass is 16.5. The summed E-state index contributed by atoms with van der Waals surface area (Å²) in [5.74, 6) is 1.54. The van der Waals surface area contributed by atoms with E-state index in [1.165, 1.54) is 32.8 Å². The van der Waals surface area contributed by atoms with Gasteiger partial charge in [0.15, 0.2) is 5.69 Å². The molecule has 1 fully saturated rings. The van der Waals surface area contributed by atoms with Crippen LogP contribution < -0.4 is 20.1 Å². The molecule has 1 saturated carbocycles. The average Bonchev–Trinajstić information content (AvgIpc) is 2.97. The van der Waals surface area contributed by atoms with Crippen LogP contribution >= 0.6 is 0 Å². The molecule has 1 amide bonds. The number of anilines is 2. The van der Waals surface area contributed by atoms with Crippen LogP contribution in [0.15, 0.2) is 30.3 Å². The van der Waals surface area contributed by atoms with E-state index in [2.05, 4.69) is 20.8 Å². The number of ether oxygens (including phenoxy) is 2. The molecule has 2 aromatic rings. The molecule has 1 heterocycles. The van der Waals surface area contributed by atoms with E-state index in [9.17, 15) is 4.79 Å². The minimum absolute atomic E-state index is 0.249. The van der Waals surface area contributed by atoms with E-state index in [1.807, 2.05) is 0 Å². The molecular weight excluding hydrogens is 344 g/mol. The lowest BCUT2D eigenvalue weighted by molar-refractivity contribution is 0.102. The molecule has 1 aliphatic rings. The van der Waals surface area contributed by atoms with Crippen LogP contribution in [0.2, 0.25) is 0 Å². The molecule has 0 unspecified atom stereocenters. The minimum atomic E-state index is -0.341. The van der Waals surface area contributed by atoms with Crippen LogP contribution in [-0.2, 0) is 0 Å². The Balaban J connectivity index is 1.63. The number of methoxy groups -OCH3 is 2. The van der Waals surface area contributed by atoms with Crippen molar-refractivity contribution < 1.29 is 14.3 Å². The number of hydrogen-bond acceptors (Lipinski definition) is 6. The number of benzene rings is 1. The highest BCUT2D eigenvalue weighted by Gasteiger charge is 2.15. The van der Waals surface area contributed by atoms with Gasteiger partial charge in [-0.3, -0.25) is 4.79 Å². The van der Waals surface area contributed by atoms with Crippen molar-refractivity contribution in [3.63, 3.8) is 0 Å². The highest BCUT2D eigenvalue weighted by Crippen LogP contribution is 2.29. The van der Waals surface area contributed by atoms with Gasteiger partial charge in [0.05, 0.1) is 19.9 Å². The molecule has 144 valence electrons. The lowest BCUT2D eigenvalue weighted by Crippen LogP contribution is -2.20. The second kappa shape index (κ2) is 9.21. The van der Waals surface area contributed by atoms with Crippen LogP contribution in [0.1, 0.15) is 49.0 Å². The maximum Gasteiger partial charge on any atom is 0.276 e. The molecule has 0 radical (unpaired) electrons. The lowest BCUT2D eigenvalue weighted by atomic mass is 10.1. The van der Waals surface area contributed by atoms with E-state index in [-0.39, 0.29) is 11.6 Å².